The number of nitrogens with one attached hydrogen (secondary N) is 1. The highest BCUT2D eigenvalue weighted by molar-refractivity contribution is 6.29. The summed E-state index contributed by atoms with van der Waals surface area (Å²) in [5, 5.41) is 3.08. The number of rotatable bonds is 6. The van der Waals surface area contributed by atoms with Gasteiger partial charge in [-0.3, -0.25) is 4.79 Å². The average Bonchev–Trinajstić information content (AvgIpc) is 2.45. The molecule has 110 valence electrons. The van der Waals surface area contributed by atoms with E-state index < -0.39 is 12.0 Å². The van der Waals surface area contributed by atoms with Gasteiger partial charge in [0.15, 0.2) is 0 Å². The minimum absolute atomic E-state index is 0.00902. The van der Waals surface area contributed by atoms with Gasteiger partial charge in [-0.15, -0.1) is 0 Å². The van der Waals surface area contributed by atoms with Crippen LogP contribution in [0, 0.1) is 5.92 Å². The number of esters is 1. The van der Waals surface area contributed by atoms with Gasteiger partial charge in [0, 0.05) is 6.20 Å². The molecule has 1 aromatic heterocycles. The number of pyridine rings is 1. The van der Waals surface area contributed by atoms with Gasteiger partial charge in [0.05, 0.1) is 13.5 Å². The van der Waals surface area contributed by atoms with E-state index in [9.17, 15) is 9.59 Å². The molecule has 20 heavy (non-hydrogen) atoms. The number of ether oxygens (including phenoxy) is 1. The third kappa shape index (κ3) is 4.81. The molecule has 1 aromatic rings. The van der Waals surface area contributed by atoms with Gasteiger partial charge in [-0.2, -0.15) is 0 Å². The summed E-state index contributed by atoms with van der Waals surface area (Å²) in [6.45, 7) is 3.85. The van der Waals surface area contributed by atoms with Crippen LogP contribution in [0.3, 0.4) is 0 Å². The molecule has 1 heterocycles. The quantitative estimate of drug-likeness (QED) is 0.644. The van der Waals surface area contributed by atoms with Crippen molar-refractivity contribution >= 4 is 23.5 Å². The number of aromatic nitrogens is 1. The number of hydrogen-bond acceptors (Lipinski definition) is 4. The van der Waals surface area contributed by atoms with E-state index in [-0.39, 0.29) is 18.2 Å². The highest BCUT2D eigenvalue weighted by Gasteiger charge is 2.26. The summed E-state index contributed by atoms with van der Waals surface area (Å²) < 4.78 is 4.72. The maximum Gasteiger partial charge on any atom is 0.328 e. The summed E-state index contributed by atoms with van der Waals surface area (Å²) in [5.74, 6) is -0.665. The van der Waals surface area contributed by atoms with Crippen molar-refractivity contribution in [3.8, 4) is 0 Å². The second-order valence-electron chi connectivity index (χ2n) is 4.62. The highest BCUT2D eigenvalue weighted by Crippen LogP contribution is 2.10. The van der Waals surface area contributed by atoms with Crippen LogP contribution >= 0.6 is 11.6 Å². The van der Waals surface area contributed by atoms with Crippen LogP contribution in [0.1, 0.15) is 25.8 Å². The van der Waals surface area contributed by atoms with E-state index in [1.54, 1.807) is 12.1 Å². The maximum atomic E-state index is 12.0. The lowest BCUT2D eigenvalue weighted by Gasteiger charge is -2.21. The Morgan fingerprint density at radius 3 is 2.65 bits per heavy atom. The van der Waals surface area contributed by atoms with E-state index in [1.807, 2.05) is 13.8 Å². The standard InChI is InChI=1S/C14H19ClN2O3/c1-4-9(2)13(14(19)20-3)17-12(18)7-10-5-6-11(15)16-8-10/h5-6,8-9,13H,4,7H2,1-3H3,(H,17,18)/t9-,13-/m0/s1. The normalized spacial score (nSPS) is 13.4. The molecule has 1 amide bonds. The first-order chi connectivity index (χ1) is 9.47. The van der Waals surface area contributed by atoms with Gasteiger partial charge in [-0.05, 0) is 17.5 Å². The average molecular weight is 299 g/mol. The summed E-state index contributed by atoms with van der Waals surface area (Å²) in [6, 6.07) is 2.72. The molecule has 0 fully saturated rings. The van der Waals surface area contributed by atoms with Crippen molar-refractivity contribution in [2.75, 3.05) is 7.11 Å². The number of hydrogen-bond donors (Lipinski definition) is 1. The topological polar surface area (TPSA) is 68.3 Å². The molecule has 0 aliphatic rings. The number of methoxy groups -OCH3 is 1. The van der Waals surface area contributed by atoms with Crippen LogP contribution < -0.4 is 5.32 Å². The Morgan fingerprint density at radius 2 is 2.15 bits per heavy atom. The van der Waals surface area contributed by atoms with E-state index in [0.717, 1.165) is 12.0 Å². The Kier molecular flexibility index (Phi) is 6.45. The zero-order valence-electron chi connectivity index (χ0n) is 11.9. The molecule has 5 nitrogen and oxygen atoms in total. The summed E-state index contributed by atoms with van der Waals surface area (Å²) >= 11 is 5.68. The van der Waals surface area contributed by atoms with Crippen LogP contribution in [-0.2, 0) is 20.7 Å². The van der Waals surface area contributed by atoms with E-state index in [1.165, 1.54) is 13.3 Å². The monoisotopic (exact) mass is 298 g/mol. The summed E-state index contributed by atoms with van der Waals surface area (Å²) in [5.41, 5.74) is 0.736. The van der Waals surface area contributed by atoms with Crippen molar-refractivity contribution < 1.29 is 14.3 Å². The lowest BCUT2D eigenvalue weighted by atomic mass is 9.99. The molecular formula is C14H19ClN2O3. The summed E-state index contributed by atoms with van der Waals surface area (Å²) in [6.07, 6.45) is 2.45. The first-order valence-corrected chi connectivity index (χ1v) is 6.83. The number of nitrogens with zero attached hydrogens (tertiary/aromatic N) is 1. The molecule has 0 spiro atoms. The van der Waals surface area contributed by atoms with E-state index >= 15 is 0 Å². The van der Waals surface area contributed by atoms with Gasteiger partial charge in [0.1, 0.15) is 11.2 Å². The van der Waals surface area contributed by atoms with Crippen LogP contribution in [0.4, 0.5) is 0 Å². The van der Waals surface area contributed by atoms with Crippen LogP contribution in [-0.4, -0.2) is 30.0 Å². The Hall–Kier alpha value is -1.62. The smallest absolute Gasteiger partial charge is 0.328 e. The second kappa shape index (κ2) is 7.85. The fourth-order valence-corrected chi connectivity index (χ4v) is 1.83. The number of carbonyl (C=O) groups excluding carboxylic acids is 2. The van der Waals surface area contributed by atoms with Crippen molar-refractivity contribution in [3.05, 3.63) is 29.0 Å². The van der Waals surface area contributed by atoms with Crippen molar-refractivity contribution in [1.29, 1.82) is 0 Å². The zero-order valence-corrected chi connectivity index (χ0v) is 12.6. The van der Waals surface area contributed by atoms with Crippen LogP contribution in [0.5, 0.6) is 0 Å². The molecule has 0 radical (unpaired) electrons. The van der Waals surface area contributed by atoms with Gasteiger partial charge in [0.2, 0.25) is 5.91 Å². The summed E-state index contributed by atoms with van der Waals surface area (Å²) in [4.78, 5) is 27.6. The van der Waals surface area contributed by atoms with Gasteiger partial charge in [-0.25, -0.2) is 9.78 Å². The van der Waals surface area contributed by atoms with Gasteiger partial charge in [0.25, 0.3) is 0 Å². The minimum Gasteiger partial charge on any atom is -0.467 e. The van der Waals surface area contributed by atoms with E-state index in [0.29, 0.717) is 5.15 Å². The molecule has 2 atom stereocenters. The molecule has 0 aliphatic heterocycles. The second-order valence-corrected chi connectivity index (χ2v) is 5.01. The SMILES string of the molecule is CC[C@H](C)[C@H](NC(=O)Cc1ccc(Cl)nc1)C(=O)OC. The molecule has 0 saturated carbocycles. The lowest BCUT2D eigenvalue weighted by Crippen LogP contribution is -2.46. The van der Waals surface area contributed by atoms with Crippen LogP contribution in [0.15, 0.2) is 18.3 Å². The van der Waals surface area contributed by atoms with Crippen molar-refractivity contribution in [2.24, 2.45) is 5.92 Å². The Bertz CT molecular complexity index is 462. The predicted octanol–water partition coefficient (Wildman–Crippen LogP) is 1.98. The van der Waals surface area contributed by atoms with Crippen LogP contribution in [0.25, 0.3) is 0 Å². The van der Waals surface area contributed by atoms with Gasteiger partial charge < -0.3 is 10.1 Å². The third-order valence-electron chi connectivity index (χ3n) is 3.14. The first-order valence-electron chi connectivity index (χ1n) is 6.45. The molecule has 0 bridgehead atoms. The maximum absolute atomic E-state index is 12.0. The first kappa shape index (κ1) is 16.4. The Balaban J connectivity index is 2.66. The van der Waals surface area contributed by atoms with E-state index in [2.05, 4.69) is 10.3 Å². The molecular weight excluding hydrogens is 280 g/mol. The van der Waals surface area contributed by atoms with Gasteiger partial charge >= 0.3 is 5.97 Å². The fourth-order valence-electron chi connectivity index (χ4n) is 1.72. The van der Waals surface area contributed by atoms with Crippen molar-refractivity contribution in [1.82, 2.24) is 10.3 Å². The number of amides is 1. The van der Waals surface area contributed by atoms with Crippen molar-refractivity contribution in [3.63, 3.8) is 0 Å². The Labute approximate surface area is 123 Å². The third-order valence-corrected chi connectivity index (χ3v) is 3.36. The summed E-state index contributed by atoms with van der Waals surface area (Å²) in [7, 11) is 1.31. The fraction of sp³-hybridized carbons (Fsp3) is 0.500. The highest BCUT2D eigenvalue weighted by atomic mass is 35.5. The number of carbonyl (C=O) groups is 2. The largest absolute Gasteiger partial charge is 0.467 e. The molecule has 1 N–H and O–H groups in total. The Morgan fingerprint density at radius 1 is 1.45 bits per heavy atom. The van der Waals surface area contributed by atoms with E-state index in [4.69, 9.17) is 16.3 Å². The molecule has 0 aromatic carbocycles. The number of halogens is 1. The molecule has 6 heteroatoms. The molecule has 0 saturated heterocycles. The molecule has 0 unspecified atom stereocenters. The minimum atomic E-state index is -0.627. The molecule has 1 rings (SSSR count). The lowest BCUT2D eigenvalue weighted by molar-refractivity contribution is -0.146. The zero-order chi connectivity index (χ0) is 15.1. The molecule has 0 aliphatic carbocycles. The van der Waals surface area contributed by atoms with Crippen LogP contribution in [0.2, 0.25) is 5.15 Å². The predicted molar refractivity (Wildman–Crippen MR) is 76.4 cm³/mol. The van der Waals surface area contributed by atoms with Crippen molar-refractivity contribution in [2.45, 2.75) is 32.7 Å². The van der Waals surface area contributed by atoms with Gasteiger partial charge in [-0.1, -0.05) is 37.9 Å².